The van der Waals surface area contributed by atoms with Crippen LogP contribution in [0.2, 0.25) is 0 Å². The first-order valence-electron chi connectivity index (χ1n) is 9.66. The number of aromatic nitrogens is 3. The van der Waals surface area contributed by atoms with Gasteiger partial charge in [-0.2, -0.15) is 9.61 Å². The van der Waals surface area contributed by atoms with Crippen LogP contribution >= 0.6 is 0 Å². The van der Waals surface area contributed by atoms with Crippen molar-refractivity contribution in [1.29, 1.82) is 0 Å². The van der Waals surface area contributed by atoms with E-state index in [0.29, 0.717) is 5.56 Å². The van der Waals surface area contributed by atoms with Gasteiger partial charge in [-0.25, -0.2) is 4.98 Å². The van der Waals surface area contributed by atoms with Gasteiger partial charge in [0.2, 0.25) is 0 Å². The Bertz CT molecular complexity index is 1100. The molecular weight excluding hydrogens is 362 g/mol. The van der Waals surface area contributed by atoms with Crippen molar-refractivity contribution < 1.29 is 4.79 Å². The van der Waals surface area contributed by atoms with E-state index in [2.05, 4.69) is 15.7 Å². The fraction of sp³-hybridized carbons (Fsp3) is 0.174. The van der Waals surface area contributed by atoms with Crippen LogP contribution in [0.1, 0.15) is 29.9 Å². The molecule has 1 amide bonds. The second kappa shape index (κ2) is 9.01. The lowest BCUT2D eigenvalue weighted by Crippen LogP contribution is -2.17. The standard InChI is InChI=1S/C21H19N5O.C2H6/c1-14-12-19-24-18(15-6-4-3-5-7-15)13-20(26(19)25-14)23-17-10-8-16(9-11-17)21(27)22-2;1-2/h3-13,23H,1-2H3,(H,22,27);1-2H3. The Morgan fingerprint density at radius 2 is 1.66 bits per heavy atom. The van der Waals surface area contributed by atoms with Gasteiger partial charge in [0.1, 0.15) is 5.82 Å². The molecule has 0 bridgehead atoms. The van der Waals surface area contributed by atoms with Gasteiger partial charge in [-0.1, -0.05) is 44.2 Å². The molecule has 29 heavy (non-hydrogen) atoms. The summed E-state index contributed by atoms with van der Waals surface area (Å²) in [5.74, 6) is 0.696. The van der Waals surface area contributed by atoms with Gasteiger partial charge in [0.25, 0.3) is 5.91 Å². The molecule has 0 spiro atoms. The van der Waals surface area contributed by atoms with E-state index in [1.807, 2.05) is 75.4 Å². The molecule has 148 valence electrons. The van der Waals surface area contributed by atoms with Crippen LogP contribution in [0.4, 0.5) is 11.5 Å². The van der Waals surface area contributed by atoms with E-state index in [0.717, 1.165) is 34.1 Å². The van der Waals surface area contributed by atoms with Gasteiger partial charge in [0.15, 0.2) is 5.65 Å². The first-order valence-corrected chi connectivity index (χ1v) is 9.66. The van der Waals surface area contributed by atoms with E-state index in [-0.39, 0.29) is 5.91 Å². The SMILES string of the molecule is CC.CNC(=O)c1ccc(Nc2cc(-c3ccccc3)nc3cc(C)nn23)cc1. The number of hydrogen-bond acceptors (Lipinski definition) is 4. The smallest absolute Gasteiger partial charge is 0.251 e. The minimum Gasteiger partial charge on any atom is -0.355 e. The zero-order valence-corrected chi connectivity index (χ0v) is 17.1. The molecule has 6 nitrogen and oxygen atoms in total. The number of carbonyl (C=O) groups is 1. The fourth-order valence-corrected chi connectivity index (χ4v) is 2.93. The molecule has 0 saturated heterocycles. The molecule has 0 aliphatic rings. The topological polar surface area (TPSA) is 71.3 Å². The second-order valence-electron chi connectivity index (χ2n) is 6.23. The minimum atomic E-state index is -0.109. The Kier molecular flexibility index (Phi) is 6.24. The molecule has 6 heteroatoms. The normalized spacial score (nSPS) is 10.2. The van der Waals surface area contributed by atoms with Crippen LogP contribution in [0, 0.1) is 6.92 Å². The van der Waals surface area contributed by atoms with Gasteiger partial charge in [0.05, 0.1) is 11.4 Å². The van der Waals surface area contributed by atoms with Gasteiger partial charge in [-0.15, -0.1) is 0 Å². The highest BCUT2D eigenvalue weighted by Gasteiger charge is 2.10. The number of fused-ring (bicyclic) bond motifs is 1. The van der Waals surface area contributed by atoms with Crippen LogP contribution in [0.5, 0.6) is 0 Å². The van der Waals surface area contributed by atoms with Crippen LogP contribution in [-0.2, 0) is 0 Å². The maximum absolute atomic E-state index is 11.7. The lowest BCUT2D eigenvalue weighted by Gasteiger charge is -2.11. The number of hydrogen-bond donors (Lipinski definition) is 2. The molecule has 0 unspecified atom stereocenters. The molecule has 2 aromatic heterocycles. The highest BCUT2D eigenvalue weighted by atomic mass is 16.1. The number of aryl methyl sites for hydroxylation is 1. The molecule has 0 aliphatic carbocycles. The van der Waals surface area contributed by atoms with Gasteiger partial charge in [-0.05, 0) is 31.2 Å². The van der Waals surface area contributed by atoms with Gasteiger partial charge in [0, 0.05) is 36.0 Å². The van der Waals surface area contributed by atoms with E-state index in [1.54, 1.807) is 23.7 Å². The summed E-state index contributed by atoms with van der Waals surface area (Å²) < 4.78 is 1.79. The van der Waals surface area contributed by atoms with Gasteiger partial charge >= 0.3 is 0 Å². The molecule has 2 heterocycles. The molecule has 0 saturated carbocycles. The Balaban J connectivity index is 0.00000117. The van der Waals surface area contributed by atoms with E-state index in [4.69, 9.17) is 4.98 Å². The molecule has 4 rings (SSSR count). The number of amides is 1. The van der Waals surface area contributed by atoms with Crippen molar-refractivity contribution in [3.05, 3.63) is 78.0 Å². The van der Waals surface area contributed by atoms with Crippen molar-refractivity contribution in [2.75, 3.05) is 12.4 Å². The second-order valence-corrected chi connectivity index (χ2v) is 6.23. The summed E-state index contributed by atoms with van der Waals surface area (Å²) in [7, 11) is 1.62. The molecule has 4 aromatic rings. The summed E-state index contributed by atoms with van der Waals surface area (Å²) in [6.45, 7) is 5.94. The Morgan fingerprint density at radius 3 is 2.31 bits per heavy atom. The number of anilines is 2. The molecule has 2 aromatic carbocycles. The summed E-state index contributed by atoms with van der Waals surface area (Å²) in [5.41, 5.74) is 5.05. The van der Waals surface area contributed by atoms with Crippen LogP contribution in [0.15, 0.2) is 66.7 Å². The number of nitrogens with zero attached hydrogens (tertiary/aromatic N) is 3. The van der Waals surface area contributed by atoms with Crippen LogP contribution in [-0.4, -0.2) is 27.6 Å². The third-order valence-corrected chi connectivity index (χ3v) is 4.27. The largest absolute Gasteiger partial charge is 0.355 e. The number of nitrogens with one attached hydrogen (secondary N) is 2. The van der Waals surface area contributed by atoms with E-state index >= 15 is 0 Å². The quantitative estimate of drug-likeness (QED) is 0.526. The summed E-state index contributed by atoms with van der Waals surface area (Å²) in [5, 5.41) is 10.5. The summed E-state index contributed by atoms with van der Waals surface area (Å²) in [6.07, 6.45) is 0. The Hall–Kier alpha value is -3.67. The van der Waals surface area contributed by atoms with E-state index in [9.17, 15) is 4.79 Å². The van der Waals surface area contributed by atoms with Crippen molar-refractivity contribution in [2.24, 2.45) is 0 Å². The highest BCUT2D eigenvalue weighted by Crippen LogP contribution is 2.25. The van der Waals surface area contributed by atoms with Gasteiger partial charge < -0.3 is 10.6 Å². The molecule has 2 N–H and O–H groups in total. The van der Waals surface area contributed by atoms with E-state index < -0.39 is 0 Å². The zero-order valence-electron chi connectivity index (χ0n) is 17.1. The molecule has 0 atom stereocenters. The first-order chi connectivity index (χ1) is 14.1. The van der Waals surface area contributed by atoms with Crippen LogP contribution < -0.4 is 10.6 Å². The lowest BCUT2D eigenvalue weighted by molar-refractivity contribution is 0.0963. The molecule has 0 fully saturated rings. The summed E-state index contributed by atoms with van der Waals surface area (Å²) in [4.78, 5) is 16.4. The number of carbonyl (C=O) groups excluding carboxylic acids is 1. The Labute approximate surface area is 170 Å². The summed E-state index contributed by atoms with van der Waals surface area (Å²) >= 11 is 0. The van der Waals surface area contributed by atoms with Crippen molar-refractivity contribution in [3.8, 4) is 11.3 Å². The first kappa shape index (κ1) is 20.1. The molecular formula is C23H25N5O. The van der Waals surface area contributed by atoms with Gasteiger partial charge in [-0.3, -0.25) is 4.79 Å². The minimum absolute atomic E-state index is 0.109. The van der Waals surface area contributed by atoms with Crippen molar-refractivity contribution in [2.45, 2.75) is 20.8 Å². The fourth-order valence-electron chi connectivity index (χ4n) is 2.93. The summed E-state index contributed by atoms with van der Waals surface area (Å²) in [6, 6.07) is 21.3. The maximum Gasteiger partial charge on any atom is 0.251 e. The average molecular weight is 387 g/mol. The third-order valence-electron chi connectivity index (χ3n) is 4.27. The lowest BCUT2D eigenvalue weighted by atomic mass is 10.1. The van der Waals surface area contributed by atoms with Crippen LogP contribution in [0.3, 0.4) is 0 Å². The Morgan fingerprint density at radius 1 is 0.966 bits per heavy atom. The van der Waals surface area contributed by atoms with Crippen molar-refractivity contribution in [3.63, 3.8) is 0 Å². The average Bonchev–Trinajstić information content (AvgIpc) is 3.16. The molecule has 0 aliphatic heterocycles. The van der Waals surface area contributed by atoms with Crippen LogP contribution in [0.25, 0.3) is 16.9 Å². The predicted molar refractivity (Wildman–Crippen MR) is 118 cm³/mol. The predicted octanol–water partition coefficient (Wildman–Crippen LogP) is 4.83. The van der Waals surface area contributed by atoms with Crippen molar-refractivity contribution >= 4 is 23.1 Å². The van der Waals surface area contributed by atoms with Crippen molar-refractivity contribution in [1.82, 2.24) is 19.9 Å². The maximum atomic E-state index is 11.7. The highest BCUT2D eigenvalue weighted by molar-refractivity contribution is 5.94. The monoisotopic (exact) mass is 387 g/mol. The number of rotatable bonds is 4. The number of benzene rings is 2. The molecule has 0 radical (unpaired) electrons. The zero-order chi connectivity index (χ0) is 20.8. The van der Waals surface area contributed by atoms with E-state index in [1.165, 1.54) is 0 Å². The third kappa shape index (κ3) is 4.43.